The fourth-order valence-corrected chi connectivity index (χ4v) is 5.23. The van der Waals surface area contributed by atoms with Gasteiger partial charge in [0.15, 0.2) is 5.41 Å². The molecule has 2 aliphatic rings. The quantitative estimate of drug-likeness (QED) is 0.602. The molecule has 2 atom stereocenters. The van der Waals surface area contributed by atoms with Gasteiger partial charge in [-0.05, 0) is 38.3 Å². The summed E-state index contributed by atoms with van der Waals surface area (Å²) in [4.78, 5) is 45.2. The van der Waals surface area contributed by atoms with Crippen molar-refractivity contribution in [1.82, 2.24) is 9.88 Å². The molecule has 160 valence electrons. The summed E-state index contributed by atoms with van der Waals surface area (Å²) in [5.41, 5.74) is 1.41. The van der Waals surface area contributed by atoms with Crippen LogP contribution in [0.5, 0.6) is 0 Å². The highest BCUT2D eigenvalue weighted by Crippen LogP contribution is 2.51. The number of benzene rings is 1. The minimum absolute atomic E-state index is 0.136. The topological polar surface area (TPSA) is 88.7 Å². The molecule has 0 aliphatic carbocycles. The monoisotopic (exact) mass is 412 g/mol. The third-order valence-electron chi connectivity index (χ3n) is 6.54. The van der Waals surface area contributed by atoms with Crippen LogP contribution in [-0.4, -0.2) is 47.5 Å². The van der Waals surface area contributed by atoms with Gasteiger partial charge in [-0.25, -0.2) is 0 Å². The van der Waals surface area contributed by atoms with Gasteiger partial charge in [0.25, 0.3) is 0 Å². The number of piperidine rings is 1. The molecule has 1 saturated heterocycles. The number of rotatable bonds is 5. The Bertz CT molecular complexity index is 977. The van der Waals surface area contributed by atoms with Gasteiger partial charge < -0.3 is 19.4 Å². The van der Waals surface area contributed by atoms with Crippen LogP contribution in [0, 0.1) is 11.3 Å². The molecule has 2 aromatic rings. The molecular formula is C23H28N2O5. The normalized spacial score (nSPS) is 22.4. The highest BCUT2D eigenvalue weighted by Gasteiger charge is 2.63. The fourth-order valence-electron chi connectivity index (χ4n) is 5.23. The van der Waals surface area contributed by atoms with Crippen LogP contribution in [0.25, 0.3) is 10.9 Å². The first-order valence-electron chi connectivity index (χ1n) is 10.7. The van der Waals surface area contributed by atoms with E-state index in [1.807, 2.05) is 30.0 Å². The molecule has 30 heavy (non-hydrogen) atoms. The lowest BCUT2D eigenvalue weighted by molar-refractivity contribution is -0.189. The van der Waals surface area contributed by atoms with Gasteiger partial charge in [-0.3, -0.25) is 14.4 Å². The van der Waals surface area contributed by atoms with Crippen molar-refractivity contribution in [2.45, 2.75) is 46.1 Å². The molecular weight excluding hydrogens is 384 g/mol. The van der Waals surface area contributed by atoms with E-state index in [0.717, 1.165) is 28.6 Å². The zero-order valence-corrected chi connectivity index (χ0v) is 17.7. The number of ether oxygens (including phenoxy) is 2. The van der Waals surface area contributed by atoms with E-state index in [9.17, 15) is 14.4 Å². The first-order chi connectivity index (χ1) is 14.5. The smallest absolute Gasteiger partial charge is 0.324 e. The number of carbonyl (C=O) groups excluding carboxylic acids is 3. The molecule has 0 spiro atoms. The molecule has 1 aromatic heterocycles. The Hall–Kier alpha value is -2.83. The lowest BCUT2D eigenvalue weighted by atomic mass is 9.64. The van der Waals surface area contributed by atoms with Crippen molar-refractivity contribution in [3.8, 4) is 0 Å². The van der Waals surface area contributed by atoms with Gasteiger partial charge in [0.2, 0.25) is 5.91 Å². The van der Waals surface area contributed by atoms with Crippen LogP contribution in [0.2, 0.25) is 0 Å². The molecule has 1 aromatic carbocycles. The number of amides is 1. The van der Waals surface area contributed by atoms with Crippen LogP contribution in [0.3, 0.4) is 0 Å². The second kappa shape index (κ2) is 7.78. The molecule has 1 fully saturated rings. The van der Waals surface area contributed by atoms with Crippen LogP contribution < -0.4 is 0 Å². The summed E-state index contributed by atoms with van der Waals surface area (Å²) in [6, 6.07) is 7.61. The van der Waals surface area contributed by atoms with Crippen molar-refractivity contribution in [3.63, 3.8) is 0 Å². The maximum absolute atomic E-state index is 13.5. The van der Waals surface area contributed by atoms with E-state index in [1.165, 1.54) is 0 Å². The number of nitrogens with one attached hydrogen (secondary N) is 1. The van der Waals surface area contributed by atoms with Gasteiger partial charge in [0.1, 0.15) is 0 Å². The van der Waals surface area contributed by atoms with Crippen molar-refractivity contribution in [1.29, 1.82) is 0 Å². The van der Waals surface area contributed by atoms with Crippen molar-refractivity contribution < 1.29 is 23.9 Å². The molecule has 1 amide bonds. The maximum atomic E-state index is 13.5. The highest BCUT2D eigenvalue weighted by atomic mass is 16.6. The number of para-hydroxylation sites is 1. The van der Waals surface area contributed by atoms with Crippen LogP contribution in [0.15, 0.2) is 24.3 Å². The predicted octanol–water partition coefficient (Wildman–Crippen LogP) is 3.14. The Morgan fingerprint density at radius 2 is 1.80 bits per heavy atom. The number of hydrogen-bond acceptors (Lipinski definition) is 5. The zero-order valence-electron chi connectivity index (χ0n) is 17.7. The third-order valence-corrected chi connectivity index (χ3v) is 6.54. The average Bonchev–Trinajstić information content (AvgIpc) is 3.13. The first-order valence-corrected chi connectivity index (χ1v) is 10.7. The van der Waals surface area contributed by atoms with Crippen LogP contribution in [-0.2, 0) is 30.3 Å². The Morgan fingerprint density at radius 3 is 2.43 bits per heavy atom. The summed E-state index contributed by atoms with van der Waals surface area (Å²) in [6.07, 6.45) is 1.26. The van der Waals surface area contributed by atoms with E-state index in [1.54, 1.807) is 13.8 Å². The predicted molar refractivity (Wildman–Crippen MR) is 111 cm³/mol. The number of esters is 2. The SMILES string of the molecule is CCOC(=O)C1(C(=O)OCC)CC2c3[nH]c4ccccc4c3CCN2C(=O)C1CC. The van der Waals surface area contributed by atoms with E-state index in [0.29, 0.717) is 13.0 Å². The Kier molecular flexibility index (Phi) is 5.30. The minimum atomic E-state index is -1.63. The zero-order chi connectivity index (χ0) is 21.5. The Labute approximate surface area is 175 Å². The summed E-state index contributed by atoms with van der Waals surface area (Å²) in [7, 11) is 0. The van der Waals surface area contributed by atoms with E-state index in [4.69, 9.17) is 9.47 Å². The lowest BCUT2D eigenvalue weighted by Crippen LogP contribution is -2.61. The van der Waals surface area contributed by atoms with Gasteiger partial charge in [-0.1, -0.05) is 25.1 Å². The van der Waals surface area contributed by atoms with Crippen LogP contribution in [0.4, 0.5) is 0 Å². The molecule has 2 aliphatic heterocycles. The number of hydrogen-bond donors (Lipinski definition) is 1. The number of H-pyrrole nitrogens is 1. The lowest BCUT2D eigenvalue weighted by Gasteiger charge is -2.49. The van der Waals surface area contributed by atoms with Crippen LogP contribution >= 0.6 is 0 Å². The minimum Gasteiger partial charge on any atom is -0.465 e. The number of carbonyl (C=O) groups is 3. The molecule has 7 heteroatoms. The summed E-state index contributed by atoms with van der Waals surface area (Å²) in [5, 5.41) is 1.12. The van der Waals surface area contributed by atoms with Gasteiger partial charge in [-0.15, -0.1) is 0 Å². The Morgan fingerprint density at radius 1 is 1.13 bits per heavy atom. The second-order valence-electron chi connectivity index (χ2n) is 7.94. The summed E-state index contributed by atoms with van der Waals surface area (Å²) in [6.45, 7) is 6.06. The summed E-state index contributed by atoms with van der Waals surface area (Å²) >= 11 is 0. The van der Waals surface area contributed by atoms with Crippen molar-refractivity contribution in [3.05, 3.63) is 35.5 Å². The van der Waals surface area contributed by atoms with Crippen molar-refractivity contribution in [2.24, 2.45) is 11.3 Å². The van der Waals surface area contributed by atoms with E-state index < -0.39 is 29.3 Å². The standard InChI is InChI=1S/C23H28N2O5/c1-4-16-20(26)25-12-11-15-14-9-7-8-10-17(14)24-19(15)18(25)13-23(16,21(27)29-5-2)22(28)30-6-3/h7-10,16,18,24H,4-6,11-13H2,1-3H3. The molecule has 0 bridgehead atoms. The number of aromatic amines is 1. The molecule has 4 rings (SSSR count). The first kappa shape index (κ1) is 20.4. The van der Waals surface area contributed by atoms with Gasteiger partial charge in [-0.2, -0.15) is 0 Å². The number of fused-ring (bicyclic) bond motifs is 5. The van der Waals surface area contributed by atoms with Gasteiger partial charge in [0, 0.05) is 29.6 Å². The largest absolute Gasteiger partial charge is 0.465 e. The molecule has 7 nitrogen and oxygen atoms in total. The third kappa shape index (κ3) is 2.82. The Balaban J connectivity index is 1.87. The van der Waals surface area contributed by atoms with Crippen LogP contribution in [0.1, 0.15) is 50.9 Å². The molecule has 3 heterocycles. The van der Waals surface area contributed by atoms with Crippen molar-refractivity contribution >= 4 is 28.7 Å². The van der Waals surface area contributed by atoms with E-state index in [2.05, 4.69) is 11.1 Å². The number of aromatic nitrogens is 1. The summed E-state index contributed by atoms with van der Waals surface area (Å²) in [5.74, 6) is -2.30. The second-order valence-corrected chi connectivity index (χ2v) is 7.94. The van der Waals surface area contributed by atoms with Gasteiger partial charge >= 0.3 is 11.9 Å². The van der Waals surface area contributed by atoms with Crippen molar-refractivity contribution in [2.75, 3.05) is 19.8 Å². The highest BCUT2D eigenvalue weighted by molar-refractivity contribution is 6.06. The number of nitrogens with zero attached hydrogens (tertiary/aromatic N) is 1. The molecule has 2 unspecified atom stereocenters. The maximum Gasteiger partial charge on any atom is 0.324 e. The molecule has 0 saturated carbocycles. The van der Waals surface area contributed by atoms with Gasteiger partial charge in [0.05, 0.1) is 25.2 Å². The van der Waals surface area contributed by atoms with E-state index >= 15 is 0 Å². The summed E-state index contributed by atoms with van der Waals surface area (Å²) < 4.78 is 10.7. The average molecular weight is 412 g/mol. The fraction of sp³-hybridized carbons (Fsp3) is 0.522. The molecule has 0 radical (unpaired) electrons. The van der Waals surface area contributed by atoms with E-state index in [-0.39, 0.29) is 25.5 Å². The molecule has 1 N–H and O–H groups in total.